The molecule has 0 saturated heterocycles. The molecule has 1 amide bonds. The van der Waals surface area contributed by atoms with Crippen molar-refractivity contribution in [2.24, 2.45) is 0 Å². The first-order valence-corrected chi connectivity index (χ1v) is 7.95. The number of nitrogens with one attached hydrogen (secondary N) is 3. The molecule has 0 bridgehead atoms. The highest BCUT2D eigenvalue weighted by atomic mass is 16.2. The van der Waals surface area contributed by atoms with Crippen LogP contribution in [0.15, 0.2) is 15.8 Å². The van der Waals surface area contributed by atoms with Crippen LogP contribution < -0.4 is 16.6 Å². The number of aromatic nitrogens is 7. The van der Waals surface area contributed by atoms with E-state index in [0.717, 1.165) is 12.8 Å². The molecule has 11 nitrogen and oxygen atoms in total. The molecule has 3 aromatic heterocycles. The van der Waals surface area contributed by atoms with Gasteiger partial charge in [-0.25, -0.2) is 14.4 Å². The summed E-state index contributed by atoms with van der Waals surface area (Å²) in [6, 6.07) is -0.435. The summed E-state index contributed by atoms with van der Waals surface area (Å²) in [6.07, 6.45) is 3.89. The van der Waals surface area contributed by atoms with E-state index in [2.05, 4.69) is 30.8 Å². The van der Waals surface area contributed by atoms with Crippen LogP contribution in [0.2, 0.25) is 0 Å². The van der Waals surface area contributed by atoms with Gasteiger partial charge in [-0.3, -0.25) is 14.2 Å². The van der Waals surface area contributed by atoms with Gasteiger partial charge in [-0.05, 0) is 26.2 Å². The SMILES string of the molecule is Cc1cn2nnc(C(=O)N[C@H]3CCCCn4c3n[nH]c4=O)c2c(=O)[nH]1. The number of carbonyl (C=O) groups excluding carboxylic acids is 1. The zero-order chi connectivity index (χ0) is 17.6. The van der Waals surface area contributed by atoms with Gasteiger partial charge in [-0.2, -0.15) is 5.10 Å². The van der Waals surface area contributed by atoms with E-state index in [1.165, 1.54) is 9.08 Å². The molecule has 3 aromatic rings. The van der Waals surface area contributed by atoms with Crippen LogP contribution in [-0.4, -0.2) is 40.5 Å². The molecule has 1 atom stereocenters. The van der Waals surface area contributed by atoms with Gasteiger partial charge in [0, 0.05) is 12.2 Å². The Morgan fingerprint density at radius 1 is 1.36 bits per heavy atom. The number of aromatic amines is 2. The van der Waals surface area contributed by atoms with Crippen LogP contribution in [0.3, 0.4) is 0 Å². The predicted octanol–water partition coefficient (Wildman–Crippen LogP) is -0.734. The lowest BCUT2D eigenvalue weighted by atomic mass is 10.1. The maximum atomic E-state index is 12.6. The fourth-order valence-corrected chi connectivity index (χ4v) is 3.13. The summed E-state index contributed by atoms with van der Waals surface area (Å²) in [5.41, 5.74) is -0.102. The van der Waals surface area contributed by atoms with Gasteiger partial charge in [0.2, 0.25) is 0 Å². The van der Waals surface area contributed by atoms with E-state index in [9.17, 15) is 14.4 Å². The molecule has 0 unspecified atom stereocenters. The lowest BCUT2D eigenvalue weighted by Gasteiger charge is -2.14. The van der Waals surface area contributed by atoms with Gasteiger partial charge in [-0.1, -0.05) is 5.21 Å². The maximum Gasteiger partial charge on any atom is 0.343 e. The Hall–Kier alpha value is -3.24. The molecule has 130 valence electrons. The highest BCUT2D eigenvalue weighted by Crippen LogP contribution is 2.21. The topological polar surface area (TPSA) is 143 Å². The van der Waals surface area contributed by atoms with Crippen LogP contribution in [0.1, 0.15) is 47.3 Å². The van der Waals surface area contributed by atoms with Crippen molar-refractivity contribution in [3.8, 4) is 0 Å². The Labute approximate surface area is 140 Å². The van der Waals surface area contributed by atoms with Gasteiger partial charge in [0.1, 0.15) is 0 Å². The van der Waals surface area contributed by atoms with Gasteiger partial charge in [0.05, 0.1) is 12.2 Å². The van der Waals surface area contributed by atoms with Crippen molar-refractivity contribution in [1.29, 1.82) is 0 Å². The van der Waals surface area contributed by atoms with Crippen LogP contribution >= 0.6 is 0 Å². The summed E-state index contributed by atoms with van der Waals surface area (Å²) in [6.45, 7) is 2.27. The van der Waals surface area contributed by atoms with Crippen molar-refractivity contribution in [1.82, 2.24) is 39.9 Å². The molecule has 25 heavy (non-hydrogen) atoms. The first kappa shape index (κ1) is 15.3. The third-order valence-corrected chi connectivity index (χ3v) is 4.28. The Balaban J connectivity index is 1.69. The highest BCUT2D eigenvalue weighted by molar-refractivity contribution is 5.98. The van der Waals surface area contributed by atoms with E-state index in [1.54, 1.807) is 13.1 Å². The van der Waals surface area contributed by atoms with E-state index in [0.29, 0.717) is 24.5 Å². The standard InChI is InChI=1S/C14H16N8O3/c1-7-6-22-10(13(24)15-7)9(17-20-22)12(23)16-8-4-2-3-5-21-11(8)18-19-14(21)25/h6,8H,2-5H2,1H3,(H,15,24)(H,16,23)(H,19,25)/t8-/m0/s1. The lowest BCUT2D eigenvalue weighted by Crippen LogP contribution is -2.32. The Bertz CT molecular complexity index is 1070. The normalized spacial score (nSPS) is 17.2. The molecule has 4 rings (SSSR count). The predicted molar refractivity (Wildman–Crippen MR) is 85.3 cm³/mol. The average molecular weight is 344 g/mol. The minimum Gasteiger partial charge on any atom is -0.341 e. The van der Waals surface area contributed by atoms with Gasteiger partial charge < -0.3 is 10.3 Å². The zero-order valence-corrected chi connectivity index (χ0v) is 13.4. The number of hydrogen-bond acceptors (Lipinski definition) is 6. The third kappa shape index (κ3) is 2.53. The minimum absolute atomic E-state index is 0.0603. The molecule has 1 aliphatic heterocycles. The molecule has 0 saturated carbocycles. The fourth-order valence-electron chi connectivity index (χ4n) is 3.13. The summed E-state index contributed by atoms with van der Waals surface area (Å²) in [5, 5.41) is 16.9. The first-order valence-electron chi connectivity index (χ1n) is 7.95. The summed E-state index contributed by atoms with van der Waals surface area (Å²) < 4.78 is 2.80. The molecule has 11 heteroatoms. The van der Waals surface area contributed by atoms with Crippen LogP contribution in [0.4, 0.5) is 0 Å². The third-order valence-electron chi connectivity index (χ3n) is 4.28. The smallest absolute Gasteiger partial charge is 0.341 e. The number of rotatable bonds is 2. The maximum absolute atomic E-state index is 12.6. The van der Waals surface area contributed by atoms with Crippen molar-refractivity contribution < 1.29 is 4.79 Å². The summed E-state index contributed by atoms with van der Waals surface area (Å²) in [5.74, 6) is -0.0460. The monoisotopic (exact) mass is 344 g/mol. The number of fused-ring (bicyclic) bond motifs is 2. The summed E-state index contributed by atoms with van der Waals surface area (Å²) in [4.78, 5) is 39.2. The van der Waals surface area contributed by atoms with Gasteiger partial charge in [0.25, 0.3) is 11.5 Å². The molecule has 0 fully saturated rings. The highest BCUT2D eigenvalue weighted by Gasteiger charge is 2.27. The second-order valence-corrected chi connectivity index (χ2v) is 6.06. The molecule has 0 aliphatic carbocycles. The van der Waals surface area contributed by atoms with Gasteiger partial charge in [0.15, 0.2) is 17.0 Å². The number of carbonyl (C=O) groups is 1. The van der Waals surface area contributed by atoms with Crippen LogP contribution in [-0.2, 0) is 6.54 Å². The van der Waals surface area contributed by atoms with Crippen molar-refractivity contribution in [3.63, 3.8) is 0 Å². The second kappa shape index (κ2) is 5.69. The number of aryl methyl sites for hydroxylation is 1. The van der Waals surface area contributed by atoms with E-state index in [4.69, 9.17) is 0 Å². The molecule has 4 heterocycles. The number of H-pyrrole nitrogens is 2. The Kier molecular flexibility index (Phi) is 3.48. The molecular formula is C14H16N8O3. The van der Waals surface area contributed by atoms with E-state index in [-0.39, 0.29) is 16.9 Å². The minimum atomic E-state index is -0.529. The quantitative estimate of drug-likeness (QED) is 0.559. The van der Waals surface area contributed by atoms with Gasteiger partial charge in [-0.15, -0.1) is 5.10 Å². The summed E-state index contributed by atoms with van der Waals surface area (Å²) in [7, 11) is 0. The zero-order valence-electron chi connectivity index (χ0n) is 13.4. The molecule has 0 spiro atoms. The van der Waals surface area contributed by atoms with E-state index < -0.39 is 17.5 Å². The second-order valence-electron chi connectivity index (χ2n) is 6.06. The van der Waals surface area contributed by atoms with E-state index in [1.807, 2.05) is 0 Å². The molecule has 0 aromatic carbocycles. The number of amides is 1. The number of nitrogens with zero attached hydrogens (tertiary/aromatic N) is 5. The van der Waals surface area contributed by atoms with Crippen LogP contribution in [0.5, 0.6) is 0 Å². The molecule has 1 aliphatic rings. The van der Waals surface area contributed by atoms with Crippen molar-refractivity contribution in [2.45, 2.75) is 38.8 Å². The Morgan fingerprint density at radius 2 is 2.20 bits per heavy atom. The Morgan fingerprint density at radius 3 is 3.04 bits per heavy atom. The van der Waals surface area contributed by atoms with Gasteiger partial charge >= 0.3 is 5.69 Å². The number of hydrogen-bond donors (Lipinski definition) is 3. The van der Waals surface area contributed by atoms with E-state index >= 15 is 0 Å². The molecular weight excluding hydrogens is 328 g/mol. The fraction of sp³-hybridized carbons (Fsp3) is 0.429. The van der Waals surface area contributed by atoms with Crippen molar-refractivity contribution in [2.75, 3.05) is 0 Å². The molecule has 0 radical (unpaired) electrons. The van der Waals surface area contributed by atoms with Crippen LogP contribution in [0.25, 0.3) is 5.52 Å². The average Bonchev–Trinajstić information content (AvgIpc) is 3.08. The van der Waals surface area contributed by atoms with Crippen molar-refractivity contribution in [3.05, 3.63) is 44.2 Å². The largest absolute Gasteiger partial charge is 0.343 e. The van der Waals surface area contributed by atoms with Crippen LogP contribution in [0, 0.1) is 6.92 Å². The van der Waals surface area contributed by atoms with Crippen molar-refractivity contribution >= 4 is 11.4 Å². The molecule has 3 N–H and O–H groups in total. The lowest BCUT2D eigenvalue weighted by molar-refractivity contribution is 0.0929. The first-order chi connectivity index (χ1) is 12.0. The summed E-state index contributed by atoms with van der Waals surface area (Å²) >= 11 is 0.